The second-order valence-electron chi connectivity index (χ2n) is 2.62. The minimum atomic E-state index is -1.44. The third-order valence-corrected chi connectivity index (χ3v) is 1.79. The molecule has 0 unspecified atom stereocenters. The lowest BCUT2D eigenvalue weighted by Gasteiger charge is -2.03. The average molecular weight is 212 g/mol. The van der Waals surface area contributed by atoms with Gasteiger partial charge in [0, 0.05) is 5.54 Å². The van der Waals surface area contributed by atoms with Crippen LogP contribution >= 0.6 is 11.6 Å². The lowest BCUT2D eigenvalue weighted by Crippen LogP contribution is -2.29. The van der Waals surface area contributed by atoms with Gasteiger partial charge in [-0.2, -0.15) is 0 Å². The normalized spacial score (nSPS) is 10.5. The smallest absolute Gasteiger partial charge is 0.488 e. The van der Waals surface area contributed by atoms with Crippen LogP contribution in [0, 0.1) is 0 Å². The molecule has 0 aliphatic carbocycles. The summed E-state index contributed by atoms with van der Waals surface area (Å²) in [6, 6.07) is 6.50. The highest BCUT2D eigenvalue weighted by Crippen LogP contribution is 2.07. The Morgan fingerprint density at radius 1 is 1.29 bits per heavy atom. The van der Waals surface area contributed by atoms with Crippen molar-refractivity contribution in [3.05, 3.63) is 35.9 Å². The lowest BCUT2D eigenvalue weighted by atomic mass is 9.80. The molecule has 0 spiro atoms. The van der Waals surface area contributed by atoms with E-state index in [-0.39, 0.29) is 0 Å². The van der Waals surface area contributed by atoms with Crippen LogP contribution in [0.25, 0.3) is 0 Å². The van der Waals surface area contributed by atoms with Crippen LogP contribution in [-0.2, 0) is 0 Å². The Bertz CT molecular complexity index is 297. The zero-order valence-electron chi connectivity index (χ0n) is 7.43. The Labute approximate surface area is 87.7 Å². The van der Waals surface area contributed by atoms with Gasteiger partial charge >= 0.3 is 7.12 Å². The van der Waals surface area contributed by atoms with Crippen molar-refractivity contribution in [2.24, 2.45) is 0 Å². The van der Waals surface area contributed by atoms with Crippen molar-refractivity contribution in [2.75, 3.05) is 6.61 Å². The van der Waals surface area contributed by atoms with E-state index in [1.165, 1.54) is 5.54 Å². The van der Waals surface area contributed by atoms with E-state index in [0.717, 1.165) is 0 Å². The Kier molecular flexibility index (Phi) is 4.52. The Hall–Kier alpha value is -0.965. The number of rotatable bonds is 4. The van der Waals surface area contributed by atoms with Crippen molar-refractivity contribution in [3.63, 3.8) is 0 Å². The lowest BCUT2D eigenvalue weighted by molar-refractivity contribution is 0.363. The summed E-state index contributed by atoms with van der Waals surface area (Å²) >= 11 is 5.31. The van der Waals surface area contributed by atoms with E-state index in [4.69, 9.17) is 26.4 Å². The molecule has 0 amide bonds. The molecule has 0 radical (unpaired) electrons. The van der Waals surface area contributed by atoms with Gasteiger partial charge in [0.15, 0.2) is 0 Å². The molecule has 5 heteroatoms. The van der Waals surface area contributed by atoms with E-state index in [0.29, 0.717) is 17.8 Å². The molecule has 0 fully saturated rings. The van der Waals surface area contributed by atoms with Gasteiger partial charge in [0.05, 0.1) is 0 Å². The topological polar surface area (TPSA) is 49.7 Å². The third-order valence-electron chi connectivity index (χ3n) is 1.61. The molecule has 74 valence electrons. The highest BCUT2D eigenvalue weighted by atomic mass is 35.5. The predicted molar refractivity (Wildman–Crippen MR) is 56.8 cm³/mol. The average Bonchev–Trinajstić information content (AvgIpc) is 2.19. The molecule has 0 aliphatic rings. The van der Waals surface area contributed by atoms with Crippen LogP contribution in [-0.4, -0.2) is 23.8 Å². The van der Waals surface area contributed by atoms with E-state index < -0.39 is 7.12 Å². The van der Waals surface area contributed by atoms with Gasteiger partial charge in [0.1, 0.15) is 12.4 Å². The van der Waals surface area contributed by atoms with Crippen molar-refractivity contribution in [1.29, 1.82) is 0 Å². The first kappa shape index (κ1) is 11.1. The van der Waals surface area contributed by atoms with Gasteiger partial charge < -0.3 is 14.8 Å². The van der Waals surface area contributed by atoms with Gasteiger partial charge in [-0.3, -0.25) is 0 Å². The first-order chi connectivity index (χ1) is 6.74. The summed E-state index contributed by atoms with van der Waals surface area (Å²) in [5.41, 5.74) is 1.82. The first-order valence-corrected chi connectivity index (χ1v) is 4.52. The molecule has 0 aromatic heterocycles. The Morgan fingerprint density at radius 3 is 2.43 bits per heavy atom. The van der Waals surface area contributed by atoms with Crippen molar-refractivity contribution in [1.82, 2.24) is 0 Å². The van der Waals surface area contributed by atoms with Crippen LogP contribution < -0.4 is 10.2 Å². The fourth-order valence-electron chi connectivity index (χ4n) is 0.917. The molecule has 0 aliphatic heterocycles. The van der Waals surface area contributed by atoms with E-state index in [9.17, 15) is 0 Å². The molecule has 0 saturated heterocycles. The molecule has 3 nitrogen and oxygen atoms in total. The predicted octanol–water partition coefficient (Wildman–Crippen LogP) is 0.498. The fourth-order valence-corrected chi connectivity index (χ4v) is 0.990. The summed E-state index contributed by atoms with van der Waals surface area (Å²) < 4.78 is 5.25. The molecular weight excluding hydrogens is 202 g/mol. The van der Waals surface area contributed by atoms with Crippen LogP contribution in [0.2, 0.25) is 0 Å². The summed E-state index contributed by atoms with van der Waals surface area (Å²) in [5.74, 6) is 0.657. The van der Waals surface area contributed by atoms with E-state index in [2.05, 4.69) is 0 Å². The second kappa shape index (κ2) is 5.70. The number of hydrogen-bond acceptors (Lipinski definition) is 3. The second-order valence-corrected chi connectivity index (χ2v) is 2.87. The van der Waals surface area contributed by atoms with E-state index in [1.54, 1.807) is 30.3 Å². The standard InChI is InChI=1S/C9H10BClO3/c11-6-1-7-14-9-4-2-8(3-5-9)10(12)13/h1-6,12-13H,7H2/b6-1+. The van der Waals surface area contributed by atoms with Crippen LogP contribution in [0.4, 0.5) is 0 Å². The summed E-state index contributed by atoms with van der Waals surface area (Å²) in [5, 5.41) is 17.6. The van der Waals surface area contributed by atoms with Crippen molar-refractivity contribution in [2.45, 2.75) is 0 Å². The Morgan fingerprint density at radius 2 is 1.93 bits per heavy atom. The maximum Gasteiger partial charge on any atom is 0.488 e. The van der Waals surface area contributed by atoms with E-state index in [1.807, 2.05) is 0 Å². The summed E-state index contributed by atoms with van der Waals surface area (Å²) in [7, 11) is -1.44. The van der Waals surface area contributed by atoms with Gasteiger partial charge in [0.2, 0.25) is 0 Å². The van der Waals surface area contributed by atoms with Gasteiger partial charge in [0.25, 0.3) is 0 Å². The zero-order chi connectivity index (χ0) is 10.4. The highest BCUT2D eigenvalue weighted by molar-refractivity contribution is 6.58. The maximum absolute atomic E-state index is 8.81. The molecule has 1 aromatic rings. The van der Waals surface area contributed by atoms with Crippen molar-refractivity contribution in [3.8, 4) is 5.75 Å². The van der Waals surface area contributed by atoms with Gasteiger partial charge in [-0.1, -0.05) is 23.7 Å². The number of ether oxygens (including phenoxy) is 1. The largest absolute Gasteiger partial charge is 0.490 e. The number of benzene rings is 1. The van der Waals surface area contributed by atoms with Gasteiger partial charge in [-0.15, -0.1) is 0 Å². The third kappa shape index (κ3) is 3.42. The van der Waals surface area contributed by atoms with Gasteiger partial charge in [-0.25, -0.2) is 0 Å². The number of hydrogen-bond donors (Lipinski definition) is 2. The quantitative estimate of drug-likeness (QED) is 0.715. The minimum absolute atomic E-state index is 0.393. The monoisotopic (exact) mass is 212 g/mol. The van der Waals surface area contributed by atoms with Crippen LogP contribution in [0.15, 0.2) is 35.9 Å². The molecule has 0 atom stereocenters. The number of halogens is 1. The van der Waals surface area contributed by atoms with Crippen LogP contribution in [0.5, 0.6) is 5.75 Å². The molecule has 0 heterocycles. The van der Waals surface area contributed by atoms with Crippen molar-refractivity contribution >= 4 is 24.2 Å². The molecule has 1 aromatic carbocycles. The summed E-state index contributed by atoms with van der Waals surface area (Å²) in [6.07, 6.45) is 1.66. The molecule has 0 bridgehead atoms. The molecule has 14 heavy (non-hydrogen) atoms. The van der Waals surface area contributed by atoms with Crippen LogP contribution in [0.3, 0.4) is 0 Å². The molecular formula is C9H10BClO3. The maximum atomic E-state index is 8.81. The minimum Gasteiger partial charge on any atom is -0.490 e. The molecule has 0 saturated carbocycles. The van der Waals surface area contributed by atoms with Crippen molar-refractivity contribution < 1.29 is 14.8 Å². The van der Waals surface area contributed by atoms with E-state index >= 15 is 0 Å². The van der Waals surface area contributed by atoms with Crippen LogP contribution in [0.1, 0.15) is 0 Å². The van der Waals surface area contributed by atoms with Gasteiger partial charge in [-0.05, 0) is 23.7 Å². The summed E-state index contributed by atoms with van der Waals surface area (Å²) in [6.45, 7) is 0.393. The highest BCUT2D eigenvalue weighted by Gasteiger charge is 2.09. The Balaban J connectivity index is 2.55. The fraction of sp³-hybridized carbons (Fsp3) is 0.111. The summed E-state index contributed by atoms with van der Waals surface area (Å²) in [4.78, 5) is 0. The molecule has 1 rings (SSSR count). The zero-order valence-corrected chi connectivity index (χ0v) is 8.19. The SMILES string of the molecule is OB(O)c1ccc(OC/C=C/Cl)cc1. The molecule has 2 N–H and O–H groups in total. The first-order valence-electron chi connectivity index (χ1n) is 4.08.